The topological polar surface area (TPSA) is 66.8 Å². The lowest BCUT2D eigenvalue weighted by molar-refractivity contribution is -0.147. The van der Waals surface area contributed by atoms with Gasteiger partial charge in [0, 0.05) is 13.1 Å². The number of piperidine rings is 1. The summed E-state index contributed by atoms with van der Waals surface area (Å²) in [7, 11) is 0. The Hall–Kier alpha value is -1.10. The van der Waals surface area contributed by atoms with Gasteiger partial charge in [-0.2, -0.15) is 0 Å². The molecule has 2 bridgehead atoms. The van der Waals surface area contributed by atoms with Crippen LogP contribution in [-0.4, -0.2) is 47.2 Å². The minimum absolute atomic E-state index is 0.0173. The summed E-state index contributed by atoms with van der Waals surface area (Å²) in [5.74, 6) is -1.07. The van der Waals surface area contributed by atoms with Gasteiger partial charge in [-0.15, -0.1) is 0 Å². The van der Waals surface area contributed by atoms with E-state index >= 15 is 0 Å². The molecule has 4 atom stereocenters. The van der Waals surface area contributed by atoms with Crippen LogP contribution in [0.3, 0.4) is 0 Å². The molecule has 3 rings (SSSR count). The van der Waals surface area contributed by atoms with Crippen molar-refractivity contribution in [1.29, 1.82) is 0 Å². The minimum Gasteiger partial charge on any atom is -0.481 e. The van der Waals surface area contributed by atoms with Gasteiger partial charge in [0.25, 0.3) is 0 Å². The standard InChI is InChI=1S/C13H19NO4/c15-12(10-6-9-3-4-11(10)18-9)14-5-1-2-8(7-14)13(16)17/h8-11H,1-7H2,(H,16,17)/t8-,9+,10+,11+/m0/s1. The number of rotatable bonds is 2. The van der Waals surface area contributed by atoms with Crippen LogP contribution in [0.25, 0.3) is 0 Å². The number of carboxylic acid groups (broad SMARTS) is 1. The van der Waals surface area contributed by atoms with Crippen LogP contribution in [-0.2, 0) is 14.3 Å². The second-order valence-corrected chi connectivity index (χ2v) is 5.68. The number of nitrogens with zero attached hydrogens (tertiary/aromatic N) is 1. The molecule has 3 aliphatic heterocycles. The molecule has 0 aromatic carbocycles. The summed E-state index contributed by atoms with van der Waals surface area (Å²) in [5, 5.41) is 9.05. The molecular weight excluding hydrogens is 234 g/mol. The lowest BCUT2D eigenvalue weighted by atomic mass is 9.87. The molecule has 5 heteroatoms. The molecule has 100 valence electrons. The van der Waals surface area contributed by atoms with E-state index < -0.39 is 5.97 Å². The predicted octanol–water partition coefficient (Wildman–Crippen LogP) is 0.877. The molecule has 0 aromatic heterocycles. The molecule has 18 heavy (non-hydrogen) atoms. The molecule has 3 fully saturated rings. The van der Waals surface area contributed by atoms with E-state index in [9.17, 15) is 9.59 Å². The molecule has 0 unspecified atom stereocenters. The van der Waals surface area contributed by atoms with Gasteiger partial charge in [0.2, 0.25) is 5.91 Å². The molecule has 0 aromatic rings. The maximum Gasteiger partial charge on any atom is 0.308 e. The molecular formula is C13H19NO4. The highest BCUT2D eigenvalue weighted by atomic mass is 16.5. The first-order valence-electron chi connectivity index (χ1n) is 6.82. The van der Waals surface area contributed by atoms with Crippen molar-refractivity contribution in [3.05, 3.63) is 0 Å². The Bertz CT molecular complexity index is 370. The van der Waals surface area contributed by atoms with Crippen LogP contribution in [0.1, 0.15) is 32.1 Å². The predicted molar refractivity (Wildman–Crippen MR) is 62.9 cm³/mol. The summed E-state index contributed by atoms with van der Waals surface area (Å²) in [4.78, 5) is 25.2. The summed E-state index contributed by atoms with van der Waals surface area (Å²) >= 11 is 0. The summed E-state index contributed by atoms with van der Waals surface area (Å²) < 4.78 is 5.71. The third-order valence-corrected chi connectivity index (χ3v) is 4.51. The SMILES string of the molecule is O=C(O)[C@H]1CCCN(C(=O)[C@@H]2C[C@H]3CC[C@H]2O3)C1. The van der Waals surface area contributed by atoms with Gasteiger partial charge in [-0.05, 0) is 32.1 Å². The van der Waals surface area contributed by atoms with Crippen LogP contribution in [0.4, 0.5) is 0 Å². The van der Waals surface area contributed by atoms with Gasteiger partial charge in [-0.3, -0.25) is 9.59 Å². The molecule has 0 saturated carbocycles. The Balaban J connectivity index is 1.64. The summed E-state index contributed by atoms with van der Waals surface area (Å²) in [5.41, 5.74) is 0. The monoisotopic (exact) mass is 253 g/mol. The average Bonchev–Trinajstić information content (AvgIpc) is 3.00. The number of hydrogen-bond acceptors (Lipinski definition) is 3. The van der Waals surface area contributed by atoms with E-state index in [1.165, 1.54) is 0 Å². The van der Waals surface area contributed by atoms with Gasteiger partial charge in [-0.1, -0.05) is 0 Å². The number of fused-ring (bicyclic) bond motifs is 2. The van der Waals surface area contributed by atoms with Crippen LogP contribution >= 0.6 is 0 Å². The Morgan fingerprint density at radius 2 is 2.06 bits per heavy atom. The van der Waals surface area contributed by atoms with Crippen LogP contribution in [0, 0.1) is 11.8 Å². The van der Waals surface area contributed by atoms with Crippen molar-refractivity contribution in [1.82, 2.24) is 4.90 Å². The van der Waals surface area contributed by atoms with Crippen molar-refractivity contribution in [3.8, 4) is 0 Å². The van der Waals surface area contributed by atoms with Gasteiger partial charge in [0.15, 0.2) is 0 Å². The first-order valence-corrected chi connectivity index (χ1v) is 6.82. The zero-order valence-corrected chi connectivity index (χ0v) is 10.4. The second-order valence-electron chi connectivity index (χ2n) is 5.68. The molecule has 0 spiro atoms. The van der Waals surface area contributed by atoms with Gasteiger partial charge in [-0.25, -0.2) is 0 Å². The zero-order valence-electron chi connectivity index (χ0n) is 10.4. The fourth-order valence-electron chi connectivity index (χ4n) is 3.51. The third kappa shape index (κ3) is 2.00. The van der Waals surface area contributed by atoms with Crippen molar-refractivity contribution in [3.63, 3.8) is 0 Å². The fourth-order valence-corrected chi connectivity index (χ4v) is 3.51. The molecule has 3 heterocycles. The molecule has 0 aliphatic carbocycles. The van der Waals surface area contributed by atoms with Crippen LogP contribution < -0.4 is 0 Å². The van der Waals surface area contributed by atoms with Crippen molar-refractivity contribution >= 4 is 11.9 Å². The Labute approximate surface area is 106 Å². The lowest BCUT2D eigenvalue weighted by Crippen LogP contribution is -2.46. The van der Waals surface area contributed by atoms with E-state index in [-0.39, 0.29) is 30.0 Å². The van der Waals surface area contributed by atoms with Gasteiger partial charge < -0.3 is 14.7 Å². The first kappa shape index (κ1) is 12.0. The maximum atomic E-state index is 12.4. The number of likely N-dealkylation sites (tertiary alicyclic amines) is 1. The summed E-state index contributed by atoms with van der Waals surface area (Å²) in [6.45, 7) is 1.08. The van der Waals surface area contributed by atoms with Crippen LogP contribution in [0.15, 0.2) is 0 Å². The molecule has 5 nitrogen and oxygen atoms in total. The highest BCUT2D eigenvalue weighted by Crippen LogP contribution is 2.40. The van der Waals surface area contributed by atoms with Gasteiger partial charge in [0.05, 0.1) is 24.0 Å². The lowest BCUT2D eigenvalue weighted by Gasteiger charge is -2.33. The smallest absolute Gasteiger partial charge is 0.308 e. The largest absolute Gasteiger partial charge is 0.481 e. The molecule has 0 radical (unpaired) electrons. The van der Waals surface area contributed by atoms with E-state index in [0.717, 1.165) is 25.7 Å². The Morgan fingerprint density at radius 1 is 1.22 bits per heavy atom. The Morgan fingerprint density at radius 3 is 2.67 bits per heavy atom. The number of carboxylic acids is 1. The van der Waals surface area contributed by atoms with E-state index in [1.807, 2.05) is 0 Å². The summed E-state index contributed by atoms with van der Waals surface area (Å²) in [6.07, 6.45) is 4.73. The molecule has 3 aliphatic rings. The number of hydrogen-bond donors (Lipinski definition) is 1. The van der Waals surface area contributed by atoms with Crippen molar-refractivity contribution in [2.24, 2.45) is 11.8 Å². The number of aliphatic carboxylic acids is 1. The molecule has 3 saturated heterocycles. The average molecular weight is 253 g/mol. The Kier molecular flexibility index (Phi) is 3.01. The maximum absolute atomic E-state index is 12.4. The zero-order chi connectivity index (χ0) is 12.7. The van der Waals surface area contributed by atoms with E-state index in [0.29, 0.717) is 19.5 Å². The molecule has 1 amide bonds. The third-order valence-electron chi connectivity index (χ3n) is 4.51. The minimum atomic E-state index is -0.781. The van der Waals surface area contributed by atoms with E-state index in [4.69, 9.17) is 9.84 Å². The summed E-state index contributed by atoms with van der Waals surface area (Å²) in [6, 6.07) is 0. The number of ether oxygens (including phenoxy) is 1. The van der Waals surface area contributed by atoms with Crippen LogP contribution in [0.5, 0.6) is 0 Å². The van der Waals surface area contributed by atoms with Gasteiger partial charge >= 0.3 is 5.97 Å². The van der Waals surface area contributed by atoms with Crippen molar-refractivity contribution < 1.29 is 19.4 Å². The second kappa shape index (κ2) is 4.53. The molecule has 1 N–H and O–H groups in total. The highest BCUT2D eigenvalue weighted by Gasteiger charge is 2.46. The fraction of sp³-hybridized carbons (Fsp3) is 0.846. The first-order chi connectivity index (χ1) is 8.65. The highest BCUT2D eigenvalue weighted by molar-refractivity contribution is 5.81. The van der Waals surface area contributed by atoms with Gasteiger partial charge in [0.1, 0.15) is 0 Å². The van der Waals surface area contributed by atoms with Crippen LogP contribution in [0.2, 0.25) is 0 Å². The van der Waals surface area contributed by atoms with Crippen molar-refractivity contribution in [2.45, 2.75) is 44.3 Å². The van der Waals surface area contributed by atoms with E-state index in [1.54, 1.807) is 4.90 Å². The number of carbonyl (C=O) groups excluding carboxylic acids is 1. The number of amides is 1. The van der Waals surface area contributed by atoms with Crippen molar-refractivity contribution in [2.75, 3.05) is 13.1 Å². The van der Waals surface area contributed by atoms with E-state index in [2.05, 4.69) is 0 Å². The normalized spacial score (nSPS) is 39.0. The number of carbonyl (C=O) groups is 2. The quantitative estimate of drug-likeness (QED) is 0.793.